The number of hydrogen-bond donors (Lipinski definition) is 0. The van der Waals surface area contributed by atoms with Gasteiger partial charge < -0.3 is 4.74 Å². The van der Waals surface area contributed by atoms with Crippen molar-refractivity contribution in [1.82, 2.24) is 0 Å². The molecule has 1 radical (unpaired) electrons. The highest BCUT2D eigenvalue weighted by Gasteiger charge is 2.01. The van der Waals surface area contributed by atoms with E-state index in [0.29, 0.717) is 0 Å². The van der Waals surface area contributed by atoms with Crippen LogP contribution in [0.25, 0.3) is 0 Å². The second kappa shape index (κ2) is 4.14. The molecule has 1 atom stereocenters. The third-order valence-corrected chi connectivity index (χ3v) is 1.62. The molecular weight excluding hydrogens is 136 g/mol. The lowest BCUT2D eigenvalue weighted by Gasteiger charge is -2.10. The highest BCUT2D eigenvalue weighted by Crippen LogP contribution is 2.14. The van der Waals surface area contributed by atoms with Crippen molar-refractivity contribution in [2.24, 2.45) is 0 Å². The van der Waals surface area contributed by atoms with E-state index in [1.807, 2.05) is 32.0 Å². The molecule has 0 aliphatic rings. The molecule has 0 saturated heterocycles. The van der Waals surface area contributed by atoms with Gasteiger partial charge in [0.2, 0.25) is 0 Å². The number of hydrogen-bond acceptors (Lipinski definition) is 1. The Kier molecular flexibility index (Phi) is 3.12. The molecule has 0 aliphatic heterocycles. The lowest BCUT2D eigenvalue weighted by atomic mass is 10.1. The van der Waals surface area contributed by atoms with Crippen LogP contribution in [0.15, 0.2) is 24.3 Å². The maximum Gasteiger partial charge on any atom is 0.0796 e. The number of ether oxygens (including phenoxy) is 1. The first-order chi connectivity index (χ1) is 5.34. The fourth-order valence-electron chi connectivity index (χ4n) is 1.01. The van der Waals surface area contributed by atoms with Gasteiger partial charge in [0.05, 0.1) is 6.10 Å². The molecule has 0 saturated carbocycles. The minimum atomic E-state index is 0.192. The van der Waals surface area contributed by atoms with Gasteiger partial charge in [-0.05, 0) is 31.5 Å². The van der Waals surface area contributed by atoms with Crippen LogP contribution in [-0.2, 0) is 4.74 Å². The Morgan fingerprint density at radius 2 is 2.45 bits per heavy atom. The third-order valence-electron chi connectivity index (χ3n) is 1.62. The molecule has 0 aliphatic carbocycles. The van der Waals surface area contributed by atoms with Crippen molar-refractivity contribution in [3.05, 3.63) is 35.9 Å². The molecule has 0 aromatic heterocycles. The van der Waals surface area contributed by atoms with Crippen molar-refractivity contribution in [2.75, 3.05) is 6.61 Å². The van der Waals surface area contributed by atoms with Crippen LogP contribution in [0.3, 0.4) is 0 Å². The van der Waals surface area contributed by atoms with Gasteiger partial charge in [-0.3, -0.25) is 0 Å². The van der Waals surface area contributed by atoms with Gasteiger partial charge in [-0.25, -0.2) is 0 Å². The molecule has 1 unspecified atom stereocenters. The Balaban J connectivity index is 2.61. The maximum atomic E-state index is 5.41. The van der Waals surface area contributed by atoms with Crippen molar-refractivity contribution in [2.45, 2.75) is 20.0 Å². The van der Waals surface area contributed by atoms with Crippen LogP contribution in [-0.4, -0.2) is 6.61 Å². The van der Waals surface area contributed by atoms with Crippen LogP contribution in [0, 0.1) is 6.07 Å². The molecular formula is C10H13O. The van der Waals surface area contributed by atoms with Crippen LogP contribution in [0.4, 0.5) is 0 Å². The zero-order chi connectivity index (χ0) is 8.10. The molecule has 1 nitrogen and oxygen atoms in total. The zero-order valence-electron chi connectivity index (χ0n) is 7.00. The fourth-order valence-corrected chi connectivity index (χ4v) is 1.01. The quantitative estimate of drug-likeness (QED) is 0.641. The highest BCUT2D eigenvalue weighted by atomic mass is 16.5. The summed E-state index contributed by atoms with van der Waals surface area (Å²) in [6.07, 6.45) is 0.192. The molecule has 11 heavy (non-hydrogen) atoms. The van der Waals surface area contributed by atoms with Crippen molar-refractivity contribution in [3.63, 3.8) is 0 Å². The summed E-state index contributed by atoms with van der Waals surface area (Å²) in [6, 6.07) is 10.9. The smallest absolute Gasteiger partial charge is 0.0796 e. The Morgan fingerprint density at radius 3 is 3.00 bits per heavy atom. The summed E-state index contributed by atoms with van der Waals surface area (Å²) in [7, 11) is 0. The van der Waals surface area contributed by atoms with Crippen molar-refractivity contribution >= 4 is 0 Å². The molecule has 59 valence electrons. The van der Waals surface area contributed by atoms with E-state index in [1.165, 1.54) is 5.56 Å². The minimum Gasteiger partial charge on any atom is -0.374 e. The standard InChI is InChI=1S/C10H13O/c1-3-11-9(2)10-7-5-4-6-8-10/h4-5,7-9H,3H2,1-2H3. The lowest BCUT2D eigenvalue weighted by Crippen LogP contribution is -1.98. The summed E-state index contributed by atoms with van der Waals surface area (Å²) in [5.41, 5.74) is 1.19. The average Bonchev–Trinajstić information content (AvgIpc) is 2.07. The summed E-state index contributed by atoms with van der Waals surface area (Å²) >= 11 is 0. The molecule has 1 heteroatoms. The minimum absolute atomic E-state index is 0.192. The molecule has 0 amide bonds. The van der Waals surface area contributed by atoms with Crippen LogP contribution in [0.1, 0.15) is 25.5 Å². The van der Waals surface area contributed by atoms with E-state index in [2.05, 4.69) is 12.1 Å². The van der Waals surface area contributed by atoms with Gasteiger partial charge >= 0.3 is 0 Å². The van der Waals surface area contributed by atoms with Gasteiger partial charge in [0.25, 0.3) is 0 Å². The van der Waals surface area contributed by atoms with Crippen LogP contribution < -0.4 is 0 Å². The van der Waals surface area contributed by atoms with Crippen molar-refractivity contribution < 1.29 is 4.74 Å². The summed E-state index contributed by atoms with van der Waals surface area (Å²) in [4.78, 5) is 0. The van der Waals surface area contributed by atoms with Crippen LogP contribution in [0.2, 0.25) is 0 Å². The van der Waals surface area contributed by atoms with Gasteiger partial charge in [0.1, 0.15) is 0 Å². The topological polar surface area (TPSA) is 9.23 Å². The van der Waals surface area contributed by atoms with E-state index in [4.69, 9.17) is 4.74 Å². The number of benzene rings is 1. The SMILES string of the molecule is CCOC(C)c1c[c]ccc1. The molecule has 0 heterocycles. The van der Waals surface area contributed by atoms with E-state index in [0.717, 1.165) is 6.61 Å². The first kappa shape index (κ1) is 8.28. The fraction of sp³-hybridized carbons (Fsp3) is 0.400. The summed E-state index contributed by atoms with van der Waals surface area (Å²) < 4.78 is 5.41. The van der Waals surface area contributed by atoms with E-state index >= 15 is 0 Å². The summed E-state index contributed by atoms with van der Waals surface area (Å²) in [5, 5.41) is 0. The molecule has 1 rings (SSSR count). The van der Waals surface area contributed by atoms with Gasteiger partial charge in [-0.2, -0.15) is 0 Å². The summed E-state index contributed by atoms with van der Waals surface area (Å²) in [5.74, 6) is 0. The molecule has 0 N–H and O–H groups in total. The second-order valence-corrected chi connectivity index (χ2v) is 2.43. The third kappa shape index (κ3) is 2.35. The molecule has 1 aromatic carbocycles. The van der Waals surface area contributed by atoms with Gasteiger partial charge in [-0.15, -0.1) is 0 Å². The predicted molar refractivity (Wildman–Crippen MR) is 45.3 cm³/mol. The van der Waals surface area contributed by atoms with Crippen LogP contribution >= 0.6 is 0 Å². The largest absolute Gasteiger partial charge is 0.374 e. The zero-order valence-corrected chi connectivity index (χ0v) is 7.00. The number of rotatable bonds is 3. The van der Waals surface area contributed by atoms with E-state index in [9.17, 15) is 0 Å². The summed E-state index contributed by atoms with van der Waals surface area (Å²) in [6.45, 7) is 4.81. The van der Waals surface area contributed by atoms with Gasteiger partial charge in [-0.1, -0.05) is 18.2 Å². The molecule has 0 spiro atoms. The average molecular weight is 149 g/mol. The first-order valence-corrected chi connectivity index (χ1v) is 3.92. The first-order valence-electron chi connectivity index (χ1n) is 3.92. The Bertz CT molecular complexity index is 193. The van der Waals surface area contributed by atoms with Crippen LogP contribution in [0.5, 0.6) is 0 Å². The lowest BCUT2D eigenvalue weighted by molar-refractivity contribution is 0.0764. The predicted octanol–water partition coefficient (Wildman–Crippen LogP) is 2.58. The van der Waals surface area contributed by atoms with E-state index in [-0.39, 0.29) is 6.10 Å². The van der Waals surface area contributed by atoms with Crippen molar-refractivity contribution in [3.8, 4) is 0 Å². The monoisotopic (exact) mass is 149 g/mol. The molecule has 0 bridgehead atoms. The molecule has 1 aromatic rings. The van der Waals surface area contributed by atoms with E-state index in [1.54, 1.807) is 0 Å². The normalized spacial score (nSPS) is 12.9. The highest BCUT2D eigenvalue weighted by molar-refractivity contribution is 5.15. The van der Waals surface area contributed by atoms with E-state index < -0.39 is 0 Å². The second-order valence-electron chi connectivity index (χ2n) is 2.43. The van der Waals surface area contributed by atoms with Crippen molar-refractivity contribution in [1.29, 1.82) is 0 Å². The van der Waals surface area contributed by atoms with Gasteiger partial charge in [0.15, 0.2) is 0 Å². The van der Waals surface area contributed by atoms with Gasteiger partial charge in [0, 0.05) is 6.61 Å². The Hall–Kier alpha value is -0.820. The maximum absolute atomic E-state index is 5.41. The molecule has 0 fully saturated rings. The Morgan fingerprint density at radius 1 is 1.64 bits per heavy atom. The Labute approximate surface area is 68.0 Å².